The van der Waals surface area contributed by atoms with Crippen LogP contribution in [0.4, 0.5) is 0 Å². The van der Waals surface area contributed by atoms with Gasteiger partial charge in [-0.1, -0.05) is 82.7 Å². The normalized spacial score (nSPS) is 21.6. The third-order valence-electron chi connectivity index (χ3n) is 6.57. The van der Waals surface area contributed by atoms with Crippen LogP contribution in [0.5, 0.6) is 0 Å². The van der Waals surface area contributed by atoms with Crippen LogP contribution in [0, 0.1) is 23.7 Å². The fourth-order valence-corrected chi connectivity index (χ4v) is 4.64. The van der Waals surface area contributed by atoms with E-state index in [2.05, 4.69) is 13.8 Å². The molecule has 0 aliphatic heterocycles. The predicted molar refractivity (Wildman–Crippen MR) is 117 cm³/mol. The minimum absolute atomic E-state index is 0.229. The van der Waals surface area contributed by atoms with Gasteiger partial charge in [0.25, 0.3) is 0 Å². The number of esters is 1. The van der Waals surface area contributed by atoms with Crippen LogP contribution in [-0.4, -0.2) is 28.1 Å². The van der Waals surface area contributed by atoms with E-state index in [1.807, 2.05) is 6.07 Å². The number of carbonyl (C=O) groups is 3. The second-order valence-electron chi connectivity index (χ2n) is 8.70. The van der Waals surface area contributed by atoms with Gasteiger partial charge in [-0.3, -0.25) is 14.4 Å². The molecule has 0 saturated heterocycles. The van der Waals surface area contributed by atoms with Crippen LogP contribution < -0.4 is 0 Å². The molecule has 1 saturated carbocycles. The van der Waals surface area contributed by atoms with E-state index in [-0.39, 0.29) is 5.92 Å². The molecule has 0 amide bonds. The van der Waals surface area contributed by atoms with Gasteiger partial charge in [0.2, 0.25) is 0 Å². The second-order valence-corrected chi connectivity index (χ2v) is 8.70. The van der Waals surface area contributed by atoms with Crippen LogP contribution in [0.2, 0.25) is 0 Å². The molecule has 172 valence electrons. The molecular weight excluding hydrogens is 396 g/mol. The van der Waals surface area contributed by atoms with Gasteiger partial charge in [-0.25, -0.2) is 0 Å². The molecule has 0 bridgehead atoms. The first-order valence-electron chi connectivity index (χ1n) is 11.6. The summed E-state index contributed by atoms with van der Waals surface area (Å²) in [5.74, 6) is -4.71. The Balaban J connectivity index is 2.29. The molecule has 31 heavy (non-hydrogen) atoms. The van der Waals surface area contributed by atoms with Crippen molar-refractivity contribution < 1.29 is 29.3 Å². The molecule has 5 atom stereocenters. The van der Waals surface area contributed by atoms with Gasteiger partial charge in [0, 0.05) is 0 Å². The predicted octanol–water partition coefficient (Wildman–Crippen LogP) is 5.47. The molecule has 0 heterocycles. The molecule has 1 aliphatic rings. The molecule has 0 radical (unpaired) electrons. The maximum absolute atomic E-state index is 13.1. The van der Waals surface area contributed by atoms with E-state index >= 15 is 0 Å². The van der Waals surface area contributed by atoms with Gasteiger partial charge in [-0.15, -0.1) is 0 Å². The number of rotatable bonds is 12. The number of carboxylic acids is 2. The van der Waals surface area contributed by atoms with E-state index < -0.39 is 41.8 Å². The van der Waals surface area contributed by atoms with E-state index in [0.29, 0.717) is 24.8 Å². The number of carbonyl (C=O) groups excluding carboxylic acids is 1. The summed E-state index contributed by atoms with van der Waals surface area (Å²) in [4.78, 5) is 37.0. The number of unbranched alkanes of at least 4 members (excludes halogenated alkanes) is 1. The third kappa shape index (κ3) is 7.08. The summed E-state index contributed by atoms with van der Waals surface area (Å²) in [7, 11) is 0. The van der Waals surface area contributed by atoms with Gasteiger partial charge in [0.05, 0.1) is 17.8 Å². The van der Waals surface area contributed by atoms with Gasteiger partial charge in [0.15, 0.2) is 0 Å². The van der Waals surface area contributed by atoms with E-state index in [1.54, 1.807) is 24.3 Å². The Morgan fingerprint density at radius 1 is 1.03 bits per heavy atom. The molecule has 5 unspecified atom stereocenters. The summed E-state index contributed by atoms with van der Waals surface area (Å²) < 4.78 is 5.85. The Morgan fingerprint density at radius 3 is 2.23 bits per heavy atom. The van der Waals surface area contributed by atoms with Gasteiger partial charge < -0.3 is 14.9 Å². The topological polar surface area (TPSA) is 101 Å². The van der Waals surface area contributed by atoms with Crippen molar-refractivity contribution in [2.75, 3.05) is 0 Å². The molecule has 0 spiro atoms. The van der Waals surface area contributed by atoms with Gasteiger partial charge in [-0.05, 0) is 30.7 Å². The highest BCUT2D eigenvalue weighted by molar-refractivity contribution is 5.82. The van der Waals surface area contributed by atoms with E-state index in [0.717, 1.165) is 38.5 Å². The van der Waals surface area contributed by atoms with Crippen LogP contribution in [0.3, 0.4) is 0 Å². The minimum Gasteiger partial charge on any atom is -0.481 e. The zero-order chi connectivity index (χ0) is 22.8. The summed E-state index contributed by atoms with van der Waals surface area (Å²) in [6, 6.07) is 8.97. The van der Waals surface area contributed by atoms with Crippen molar-refractivity contribution in [2.45, 2.75) is 77.7 Å². The van der Waals surface area contributed by atoms with E-state index in [1.165, 1.54) is 0 Å². The second kappa shape index (κ2) is 12.5. The first-order valence-corrected chi connectivity index (χ1v) is 11.6. The van der Waals surface area contributed by atoms with Gasteiger partial charge in [-0.2, -0.15) is 0 Å². The van der Waals surface area contributed by atoms with Crippen LogP contribution in [0.1, 0.15) is 83.3 Å². The lowest BCUT2D eigenvalue weighted by atomic mass is 9.79. The number of hydrogen-bond acceptors (Lipinski definition) is 4. The van der Waals surface area contributed by atoms with Gasteiger partial charge >= 0.3 is 17.9 Å². The highest BCUT2D eigenvalue weighted by Crippen LogP contribution is 2.37. The molecule has 1 aromatic rings. The monoisotopic (exact) mass is 432 g/mol. The summed E-state index contributed by atoms with van der Waals surface area (Å²) in [6.07, 6.45) is 5.83. The highest BCUT2D eigenvalue weighted by Gasteiger charge is 2.40. The van der Waals surface area contributed by atoms with Gasteiger partial charge in [0.1, 0.15) is 6.10 Å². The van der Waals surface area contributed by atoms with Crippen LogP contribution in [-0.2, 0) is 19.1 Å². The fourth-order valence-electron chi connectivity index (χ4n) is 4.64. The van der Waals surface area contributed by atoms with E-state index in [4.69, 9.17) is 4.74 Å². The molecule has 1 aliphatic carbocycles. The Hall–Kier alpha value is -2.37. The summed E-state index contributed by atoms with van der Waals surface area (Å²) in [6.45, 7) is 4.17. The quantitative estimate of drug-likeness (QED) is 0.425. The average Bonchev–Trinajstić information content (AvgIpc) is 2.78. The molecule has 0 aromatic heterocycles. The van der Waals surface area contributed by atoms with Crippen molar-refractivity contribution in [2.24, 2.45) is 23.7 Å². The lowest BCUT2D eigenvalue weighted by Crippen LogP contribution is -2.36. The van der Waals surface area contributed by atoms with Crippen molar-refractivity contribution in [1.82, 2.24) is 0 Å². The molecule has 2 N–H and O–H groups in total. The maximum atomic E-state index is 13.1. The Kier molecular flexibility index (Phi) is 10.0. The molecule has 1 fully saturated rings. The Morgan fingerprint density at radius 2 is 1.68 bits per heavy atom. The van der Waals surface area contributed by atoms with Crippen molar-refractivity contribution >= 4 is 17.9 Å². The summed E-state index contributed by atoms with van der Waals surface area (Å²) in [5.41, 5.74) is 0.635. The standard InChI is InChI=1S/C25H36O6/c1-3-5-11-17(4-2)16-21(24(28)29)22(18-12-7-6-8-13-18)31-25(30)20-15-10-9-14-19(20)23(26)27/h6-8,12-13,17,19-22H,3-5,9-11,14-16H2,1-2H3,(H,26,27)(H,28,29). The molecule has 1 aromatic carbocycles. The number of hydrogen-bond donors (Lipinski definition) is 2. The Bertz CT molecular complexity index is 716. The average molecular weight is 433 g/mol. The lowest BCUT2D eigenvalue weighted by molar-refractivity contribution is -0.170. The fraction of sp³-hybridized carbons (Fsp3) is 0.640. The number of ether oxygens (including phenoxy) is 1. The van der Waals surface area contributed by atoms with Crippen molar-refractivity contribution in [1.29, 1.82) is 0 Å². The summed E-state index contributed by atoms with van der Waals surface area (Å²) in [5, 5.41) is 19.6. The van der Waals surface area contributed by atoms with E-state index in [9.17, 15) is 24.6 Å². The zero-order valence-electron chi connectivity index (χ0n) is 18.7. The maximum Gasteiger partial charge on any atom is 0.310 e. The van der Waals surface area contributed by atoms with Crippen molar-refractivity contribution in [3.8, 4) is 0 Å². The molecule has 6 nitrogen and oxygen atoms in total. The molecular formula is C25H36O6. The summed E-state index contributed by atoms with van der Waals surface area (Å²) >= 11 is 0. The number of carboxylic acid groups (broad SMARTS) is 2. The smallest absolute Gasteiger partial charge is 0.310 e. The number of aliphatic carboxylic acids is 2. The lowest BCUT2D eigenvalue weighted by Gasteiger charge is -2.31. The number of benzene rings is 1. The largest absolute Gasteiger partial charge is 0.481 e. The van der Waals surface area contributed by atoms with Crippen molar-refractivity contribution in [3.63, 3.8) is 0 Å². The minimum atomic E-state index is -0.991. The first kappa shape index (κ1) is 24.9. The van der Waals surface area contributed by atoms with Crippen LogP contribution in [0.15, 0.2) is 30.3 Å². The molecule has 2 rings (SSSR count). The highest BCUT2D eigenvalue weighted by atomic mass is 16.5. The van der Waals surface area contributed by atoms with Crippen LogP contribution in [0.25, 0.3) is 0 Å². The first-order chi connectivity index (χ1) is 14.9. The SMILES string of the molecule is CCCCC(CC)CC(C(=O)O)C(OC(=O)C1CCCCC1C(=O)O)c1ccccc1. The zero-order valence-corrected chi connectivity index (χ0v) is 18.7. The molecule has 6 heteroatoms. The van der Waals surface area contributed by atoms with Crippen molar-refractivity contribution in [3.05, 3.63) is 35.9 Å². The third-order valence-corrected chi connectivity index (χ3v) is 6.57. The van der Waals surface area contributed by atoms with Crippen LogP contribution >= 0.6 is 0 Å². The Labute approximate surface area is 185 Å².